The minimum atomic E-state index is -1.20. The summed E-state index contributed by atoms with van der Waals surface area (Å²) in [6.45, 7) is 16.4. The first-order chi connectivity index (χ1) is 16.7. The van der Waals surface area contributed by atoms with Crippen LogP contribution in [0.3, 0.4) is 0 Å². The number of rotatable bonds is 3. The van der Waals surface area contributed by atoms with E-state index in [-0.39, 0.29) is 33.9 Å². The molecule has 5 heteroatoms. The van der Waals surface area contributed by atoms with Crippen LogP contribution in [0.4, 0.5) is 0 Å². The van der Waals surface area contributed by atoms with Crippen molar-refractivity contribution in [2.75, 3.05) is 0 Å². The highest BCUT2D eigenvalue weighted by molar-refractivity contribution is 5.96. The van der Waals surface area contributed by atoms with Gasteiger partial charge in [0.2, 0.25) is 0 Å². The SMILES string of the molecule is C[C@@H]1CC[C@]2(C)CC[C@]3(C)C(=CC(=O)C4[C@@]5(C)CCC(OC=O)[C@](C)(C(=O)O)C5CC[C@]43C)C2[C@H]1C. The van der Waals surface area contributed by atoms with Gasteiger partial charge < -0.3 is 9.84 Å². The van der Waals surface area contributed by atoms with Crippen LogP contribution in [0, 0.1) is 56.7 Å². The van der Waals surface area contributed by atoms with E-state index < -0.39 is 22.9 Å². The third-order valence-electron chi connectivity index (χ3n) is 13.4. The molecule has 0 aromatic carbocycles. The zero-order valence-electron chi connectivity index (χ0n) is 23.4. The molecule has 0 heterocycles. The zero-order valence-corrected chi connectivity index (χ0v) is 23.4. The van der Waals surface area contributed by atoms with Crippen LogP contribution < -0.4 is 0 Å². The number of hydrogen-bond acceptors (Lipinski definition) is 4. The molecule has 0 saturated heterocycles. The van der Waals surface area contributed by atoms with Crippen molar-refractivity contribution in [3.05, 3.63) is 11.6 Å². The normalized spacial score (nSPS) is 54.2. The average Bonchev–Trinajstić information content (AvgIpc) is 2.80. The Morgan fingerprint density at radius 3 is 2.33 bits per heavy atom. The highest BCUT2D eigenvalue weighted by atomic mass is 16.5. The quantitative estimate of drug-likeness (QED) is 0.452. The Morgan fingerprint density at radius 1 is 1.00 bits per heavy atom. The highest BCUT2D eigenvalue weighted by Crippen LogP contribution is 2.75. The largest absolute Gasteiger partial charge is 0.481 e. The number of carboxylic acids is 1. The third-order valence-corrected chi connectivity index (χ3v) is 13.4. The van der Waals surface area contributed by atoms with Gasteiger partial charge in [0.15, 0.2) is 5.78 Å². The molecule has 0 bridgehead atoms. The van der Waals surface area contributed by atoms with Crippen molar-refractivity contribution in [1.82, 2.24) is 0 Å². The van der Waals surface area contributed by atoms with Crippen molar-refractivity contribution in [2.24, 2.45) is 56.7 Å². The van der Waals surface area contributed by atoms with E-state index in [0.29, 0.717) is 37.1 Å². The van der Waals surface area contributed by atoms with Gasteiger partial charge in [0.25, 0.3) is 6.47 Å². The first-order valence-corrected chi connectivity index (χ1v) is 14.3. The van der Waals surface area contributed by atoms with E-state index in [2.05, 4.69) is 47.6 Å². The lowest BCUT2D eigenvalue weighted by Gasteiger charge is -2.70. The predicted octanol–water partition coefficient (Wildman–Crippen LogP) is 6.45. The Balaban J connectivity index is 1.63. The van der Waals surface area contributed by atoms with Crippen molar-refractivity contribution in [3.63, 3.8) is 0 Å². The zero-order chi connectivity index (χ0) is 26.5. The van der Waals surface area contributed by atoms with Crippen LogP contribution in [-0.4, -0.2) is 29.4 Å². The molecule has 5 aliphatic carbocycles. The molecule has 11 atom stereocenters. The molecule has 0 spiro atoms. The summed E-state index contributed by atoms with van der Waals surface area (Å²) in [4.78, 5) is 38.3. The number of carbonyl (C=O) groups is 3. The fraction of sp³-hybridized carbons (Fsp3) is 0.839. The lowest BCUT2D eigenvalue weighted by atomic mass is 9.33. The summed E-state index contributed by atoms with van der Waals surface area (Å²) in [6.07, 6.45) is 8.97. The fourth-order valence-corrected chi connectivity index (χ4v) is 10.9. The molecule has 36 heavy (non-hydrogen) atoms. The average molecular weight is 499 g/mol. The number of ether oxygens (including phenoxy) is 1. The molecule has 4 fully saturated rings. The van der Waals surface area contributed by atoms with Crippen molar-refractivity contribution in [3.8, 4) is 0 Å². The number of fused-ring (bicyclic) bond motifs is 7. The van der Waals surface area contributed by atoms with Crippen molar-refractivity contribution in [2.45, 2.75) is 106 Å². The number of ketones is 1. The van der Waals surface area contributed by atoms with Gasteiger partial charge in [0, 0.05) is 5.92 Å². The van der Waals surface area contributed by atoms with Crippen LogP contribution in [0.15, 0.2) is 11.6 Å². The van der Waals surface area contributed by atoms with Crippen molar-refractivity contribution < 1.29 is 24.2 Å². The van der Waals surface area contributed by atoms with Gasteiger partial charge in [-0.1, -0.05) is 47.1 Å². The van der Waals surface area contributed by atoms with Gasteiger partial charge in [0.05, 0.1) is 0 Å². The van der Waals surface area contributed by atoms with Crippen LogP contribution in [0.25, 0.3) is 0 Å². The highest BCUT2D eigenvalue weighted by Gasteiger charge is 2.72. The van der Waals surface area contributed by atoms with Gasteiger partial charge in [-0.05, 0) is 110 Å². The van der Waals surface area contributed by atoms with Gasteiger partial charge in [-0.15, -0.1) is 0 Å². The van der Waals surface area contributed by atoms with Crippen molar-refractivity contribution in [1.29, 1.82) is 0 Å². The molecular formula is C31H46O5. The minimum Gasteiger partial charge on any atom is -0.481 e. The van der Waals surface area contributed by atoms with Crippen LogP contribution in [0.1, 0.15) is 99.8 Å². The summed E-state index contributed by atoms with van der Waals surface area (Å²) in [7, 11) is 0. The Labute approximate surface area is 216 Å². The summed E-state index contributed by atoms with van der Waals surface area (Å²) < 4.78 is 5.38. The van der Waals surface area contributed by atoms with E-state index in [1.807, 2.05) is 0 Å². The molecule has 0 aliphatic heterocycles. The molecular weight excluding hydrogens is 452 g/mol. The summed E-state index contributed by atoms with van der Waals surface area (Å²) >= 11 is 0. The van der Waals surface area contributed by atoms with Gasteiger partial charge in [-0.2, -0.15) is 0 Å². The van der Waals surface area contributed by atoms with Crippen LogP contribution in [0.5, 0.6) is 0 Å². The first kappa shape index (κ1) is 26.0. The van der Waals surface area contributed by atoms with Crippen LogP contribution >= 0.6 is 0 Å². The molecule has 1 N–H and O–H groups in total. The second-order valence-corrected chi connectivity index (χ2v) is 14.6. The molecule has 5 nitrogen and oxygen atoms in total. The van der Waals surface area contributed by atoms with E-state index in [1.165, 1.54) is 24.8 Å². The van der Waals surface area contributed by atoms with Gasteiger partial charge in [-0.3, -0.25) is 14.4 Å². The topological polar surface area (TPSA) is 80.7 Å². The van der Waals surface area contributed by atoms with E-state index in [4.69, 9.17) is 4.74 Å². The predicted molar refractivity (Wildman–Crippen MR) is 138 cm³/mol. The molecule has 0 aromatic rings. The smallest absolute Gasteiger partial charge is 0.313 e. The van der Waals surface area contributed by atoms with Crippen LogP contribution in [-0.2, 0) is 19.1 Å². The van der Waals surface area contributed by atoms with Gasteiger partial charge in [-0.25, -0.2) is 0 Å². The van der Waals surface area contributed by atoms with Gasteiger partial charge >= 0.3 is 5.97 Å². The number of aliphatic carboxylic acids is 1. The van der Waals surface area contributed by atoms with Crippen molar-refractivity contribution >= 4 is 18.2 Å². The number of allylic oxidation sites excluding steroid dienone is 2. The lowest BCUT2D eigenvalue weighted by Crippen LogP contribution is -2.68. The molecule has 0 radical (unpaired) electrons. The second kappa shape index (κ2) is 7.93. The summed E-state index contributed by atoms with van der Waals surface area (Å²) in [5.74, 6) is 0.518. The molecule has 4 saturated carbocycles. The monoisotopic (exact) mass is 498 g/mol. The maximum absolute atomic E-state index is 14.3. The fourth-order valence-electron chi connectivity index (χ4n) is 10.9. The van der Waals surface area contributed by atoms with E-state index in [1.54, 1.807) is 6.92 Å². The standard InChI is InChI=1S/C31H46O5/c1-18-8-11-27(3)14-15-29(5)20(24(27)19(18)2)16-21(33)25-28(4)12-10-23(36-17-32)31(7,26(34)35)22(28)9-13-30(25,29)6/h16-19,22-25H,8-15H2,1-7H3,(H,34,35)/t18-,19+,22?,23?,24?,25?,27-,28+,29-,30-,31-/m1/s1. The van der Waals surface area contributed by atoms with Gasteiger partial charge in [0.1, 0.15) is 11.5 Å². The summed E-state index contributed by atoms with van der Waals surface area (Å²) in [6, 6.07) is 0. The number of hydrogen-bond donors (Lipinski definition) is 1. The van der Waals surface area contributed by atoms with E-state index in [0.717, 1.165) is 19.3 Å². The Hall–Kier alpha value is -1.65. The number of carbonyl (C=O) groups excluding carboxylic acids is 2. The molecule has 5 rings (SSSR count). The lowest BCUT2D eigenvalue weighted by molar-refractivity contribution is -0.218. The Bertz CT molecular complexity index is 1020. The summed E-state index contributed by atoms with van der Waals surface area (Å²) in [5.41, 5.74) is -0.256. The maximum atomic E-state index is 14.3. The molecule has 200 valence electrons. The number of carboxylic acid groups (broad SMARTS) is 1. The third kappa shape index (κ3) is 2.98. The van der Waals surface area contributed by atoms with Crippen LogP contribution in [0.2, 0.25) is 0 Å². The van der Waals surface area contributed by atoms with E-state index >= 15 is 0 Å². The molecule has 5 aliphatic rings. The molecule has 0 aromatic heterocycles. The Kier molecular flexibility index (Phi) is 5.72. The molecule has 4 unspecified atom stereocenters. The second-order valence-electron chi connectivity index (χ2n) is 14.6. The Morgan fingerprint density at radius 2 is 1.69 bits per heavy atom. The summed E-state index contributed by atoms with van der Waals surface area (Å²) in [5, 5.41) is 10.4. The molecule has 0 amide bonds. The van der Waals surface area contributed by atoms with E-state index in [9.17, 15) is 19.5 Å². The minimum absolute atomic E-state index is 0.0647. The maximum Gasteiger partial charge on any atom is 0.313 e. The first-order valence-electron chi connectivity index (χ1n) is 14.3.